The highest BCUT2D eigenvalue weighted by atomic mass is 28.5. The number of hydrogen-bond acceptors (Lipinski definition) is 8. The molecule has 0 aliphatic heterocycles. The van der Waals surface area contributed by atoms with Crippen LogP contribution in [0, 0.1) is 0 Å². The Bertz CT molecular complexity index is 232. The minimum atomic E-state index is -3.50. The summed E-state index contributed by atoms with van der Waals surface area (Å²) in [5.74, 6) is 0. The fourth-order valence-corrected chi connectivity index (χ4v) is 11.4. The molecule has 0 fully saturated rings. The van der Waals surface area contributed by atoms with Gasteiger partial charge in [0.05, 0.1) is 37.4 Å². The molecule has 0 spiro atoms. The van der Waals surface area contributed by atoms with Crippen molar-refractivity contribution in [2.45, 2.75) is 13.1 Å². The van der Waals surface area contributed by atoms with Crippen molar-refractivity contribution >= 4 is 25.2 Å². The van der Waals surface area contributed by atoms with Crippen LogP contribution in [0.4, 0.5) is 0 Å². The Hall–Kier alpha value is 0.331. The van der Waals surface area contributed by atoms with E-state index in [4.69, 9.17) is 8.23 Å². The van der Waals surface area contributed by atoms with Crippen molar-refractivity contribution in [3.8, 4) is 0 Å². The van der Waals surface area contributed by atoms with E-state index in [1.54, 1.807) is 13.1 Å². The number of aliphatic hydroxyl groups is 6. The Labute approximate surface area is 115 Å². The molecule has 0 amide bonds. The van der Waals surface area contributed by atoms with Gasteiger partial charge in [0.2, 0.25) is 16.6 Å². The molecular weight excluding hydrogens is 308 g/mol. The minimum absolute atomic E-state index is 0.391. The van der Waals surface area contributed by atoms with E-state index in [1.165, 1.54) is 0 Å². The molecule has 11 heteroatoms. The summed E-state index contributed by atoms with van der Waals surface area (Å²) in [6.45, 7) is 3.08. The second-order valence-electron chi connectivity index (χ2n) is 4.96. The number of hydrogen-bond donors (Lipinski definition) is 6. The third-order valence-corrected chi connectivity index (χ3v) is 13.2. The van der Waals surface area contributed by atoms with Crippen LogP contribution in [0.15, 0.2) is 0 Å². The van der Waals surface area contributed by atoms with E-state index < -0.39 is 62.6 Å². The summed E-state index contributed by atoms with van der Waals surface area (Å²) >= 11 is 0. The van der Waals surface area contributed by atoms with Crippen LogP contribution in [-0.4, -0.2) is 93.2 Å². The summed E-state index contributed by atoms with van der Waals surface area (Å²) in [5, 5.41) is 55.9. The highest BCUT2D eigenvalue weighted by Gasteiger charge is 2.49. The first-order valence-corrected chi connectivity index (χ1v) is 13.7. The molecule has 0 aromatic rings. The molecule has 0 saturated heterocycles. The van der Waals surface area contributed by atoms with Crippen LogP contribution in [0.25, 0.3) is 0 Å². The highest BCUT2D eigenvalue weighted by Crippen LogP contribution is 2.19. The lowest BCUT2D eigenvalue weighted by molar-refractivity contribution is 0.194. The molecule has 0 aromatic heterocycles. The maximum atomic E-state index is 9.45. The van der Waals surface area contributed by atoms with Gasteiger partial charge >= 0.3 is 8.56 Å². The van der Waals surface area contributed by atoms with Crippen molar-refractivity contribution in [3.63, 3.8) is 0 Å². The normalized spacial score (nSPS) is 13.9. The molecule has 0 bridgehead atoms. The van der Waals surface area contributed by atoms with Crippen LogP contribution in [0.1, 0.15) is 0 Å². The third kappa shape index (κ3) is 5.31. The average molecular weight is 333 g/mol. The lowest BCUT2D eigenvalue weighted by atomic mass is 11.6. The summed E-state index contributed by atoms with van der Waals surface area (Å²) in [5.41, 5.74) is 0. The van der Waals surface area contributed by atoms with Crippen molar-refractivity contribution in [2.24, 2.45) is 0 Å². The molecule has 8 nitrogen and oxygen atoms in total. The maximum absolute atomic E-state index is 9.45. The van der Waals surface area contributed by atoms with E-state index in [0.717, 1.165) is 0 Å². The standard InChI is InChI=1S/C8H24O8Si3/c1-17(3-9,4-10)15-19(7-13,8-14)16-18(2,5-11)6-12/h9-14H,3-8H2,1-2H3. The van der Waals surface area contributed by atoms with Gasteiger partial charge in [-0.1, -0.05) is 0 Å². The zero-order chi connectivity index (χ0) is 15.2. The zero-order valence-corrected chi connectivity index (χ0v) is 14.2. The van der Waals surface area contributed by atoms with E-state index in [2.05, 4.69) is 0 Å². The van der Waals surface area contributed by atoms with Gasteiger partial charge in [-0.05, 0) is 13.1 Å². The summed E-state index contributed by atoms with van der Waals surface area (Å²) in [6.07, 6.45) is -2.74. The predicted octanol–water partition coefficient (Wildman–Crippen LogP) is -3.20. The van der Waals surface area contributed by atoms with E-state index in [1.807, 2.05) is 0 Å². The molecular formula is C8H24O8Si3. The second kappa shape index (κ2) is 7.94. The summed E-state index contributed by atoms with van der Waals surface area (Å²) in [4.78, 5) is 0. The Morgan fingerprint density at radius 3 is 1.00 bits per heavy atom. The number of rotatable bonds is 10. The van der Waals surface area contributed by atoms with Gasteiger partial charge in [0.1, 0.15) is 0 Å². The molecule has 19 heavy (non-hydrogen) atoms. The lowest BCUT2D eigenvalue weighted by Crippen LogP contribution is -2.66. The molecule has 0 rings (SSSR count). The first-order valence-electron chi connectivity index (χ1n) is 5.84. The van der Waals surface area contributed by atoms with Crippen LogP contribution >= 0.6 is 0 Å². The Morgan fingerprint density at radius 1 is 0.579 bits per heavy atom. The van der Waals surface area contributed by atoms with E-state index in [9.17, 15) is 30.6 Å². The average Bonchev–Trinajstić information content (AvgIpc) is 2.46. The fourth-order valence-electron chi connectivity index (χ4n) is 1.33. The molecule has 6 N–H and O–H groups in total. The van der Waals surface area contributed by atoms with Gasteiger partial charge in [0.15, 0.2) is 0 Å². The van der Waals surface area contributed by atoms with Gasteiger partial charge in [0, 0.05) is 0 Å². The van der Waals surface area contributed by atoms with E-state index in [-0.39, 0.29) is 0 Å². The van der Waals surface area contributed by atoms with E-state index in [0.29, 0.717) is 0 Å². The van der Waals surface area contributed by atoms with Crippen molar-refractivity contribution in [2.75, 3.05) is 37.4 Å². The van der Waals surface area contributed by atoms with Crippen LogP contribution in [0.3, 0.4) is 0 Å². The maximum Gasteiger partial charge on any atom is 0.370 e. The molecule has 0 radical (unpaired) electrons. The molecule has 0 atom stereocenters. The topological polar surface area (TPSA) is 140 Å². The van der Waals surface area contributed by atoms with Crippen LogP contribution in [0.5, 0.6) is 0 Å². The van der Waals surface area contributed by atoms with Gasteiger partial charge in [-0.3, -0.25) is 0 Å². The fraction of sp³-hybridized carbons (Fsp3) is 1.00. The first-order chi connectivity index (χ1) is 8.78. The second-order valence-corrected chi connectivity index (χ2v) is 16.1. The Morgan fingerprint density at radius 2 is 0.842 bits per heavy atom. The van der Waals surface area contributed by atoms with Gasteiger partial charge in [-0.15, -0.1) is 0 Å². The summed E-state index contributed by atoms with van der Waals surface area (Å²) in [7, 11) is -9.33. The van der Waals surface area contributed by atoms with Gasteiger partial charge in [0.25, 0.3) is 0 Å². The predicted molar refractivity (Wildman–Crippen MR) is 73.7 cm³/mol. The quantitative estimate of drug-likeness (QED) is 0.230. The molecule has 0 aromatic carbocycles. The minimum Gasteiger partial charge on any atom is -0.430 e. The monoisotopic (exact) mass is 332 g/mol. The zero-order valence-electron chi connectivity index (χ0n) is 11.2. The smallest absolute Gasteiger partial charge is 0.370 e. The summed E-state index contributed by atoms with van der Waals surface area (Å²) < 4.78 is 11.2. The van der Waals surface area contributed by atoms with Crippen molar-refractivity contribution in [3.05, 3.63) is 0 Å². The van der Waals surface area contributed by atoms with Crippen molar-refractivity contribution < 1.29 is 38.9 Å². The van der Waals surface area contributed by atoms with Gasteiger partial charge in [-0.25, -0.2) is 0 Å². The Balaban J connectivity index is 5.15. The van der Waals surface area contributed by atoms with Gasteiger partial charge < -0.3 is 38.9 Å². The molecule has 0 aliphatic carbocycles. The Kier molecular flexibility index (Phi) is 8.08. The van der Waals surface area contributed by atoms with Crippen LogP contribution in [-0.2, 0) is 8.23 Å². The molecule has 0 aliphatic rings. The summed E-state index contributed by atoms with van der Waals surface area (Å²) in [6, 6.07) is 0. The lowest BCUT2D eigenvalue weighted by Gasteiger charge is -2.40. The third-order valence-electron chi connectivity index (χ3n) is 2.68. The molecule has 0 unspecified atom stereocenters. The molecule has 0 heterocycles. The molecule has 0 saturated carbocycles. The first kappa shape index (κ1) is 19.3. The van der Waals surface area contributed by atoms with Crippen LogP contribution in [0.2, 0.25) is 13.1 Å². The van der Waals surface area contributed by atoms with Gasteiger partial charge in [-0.2, -0.15) is 0 Å². The van der Waals surface area contributed by atoms with Crippen molar-refractivity contribution in [1.29, 1.82) is 0 Å². The SMILES string of the molecule is C[Si](CO)(CO)O[Si](CO)(CO)O[Si](C)(CO)CO. The number of aliphatic hydroxyl groups excluding tert-OH is 6. The van der Waals surface area contributed by atoms with E-state index >= 15 is 0 Å². The highest BCUT2D eigenvalue weighted by molar-refractivity contribution is 6.89. The van der Waals surface area contributed by atoms with Crippen molar-refractivity contribution in [1.82, 2.24) is 0 Å². The largest absolute Gasteiger partial charge is 0.430 e. The van der Waals surface area contributed by atoms with Crippen LogP contribution < -0.4 is 0 Å². The molecule has 116 valence electrons.